The van der Waals surface area contributed by atoms with Crippen molar-refractivity contribution in [1.82, 2.24) is 0 Å². The number of carbonyl (C=O) groups excluding carboxylic acids is 1. The van der Waals surface area contributed by atoms with E-state index in [9.17, 15) is 15.0 Å². The predicted molar refractivity (Wildman–Crippen MR) is 77.0 cm³/mol. The monoisotopic (exact) mass is 278 g/mol. The molecule has 0 saturated heterocycles. The van der Waals surface area contributed by atoms with Crippen molar-refractivity contribution in [2.75, 3.05) is 6.61 Å². The number of aliphatic hydroxyl groups excluding tert-OH is 1. The first kappa shape index (κ1) is 14.3. The minimum Gasteiger partial charge on any atom is -0.392 e. The molecule has 0 amide bonds. The normalized spacial score (nSPS) is 50.9. The van der Waals surface area contributed by atoms with Crippen molar-refractivity contribution in [1.29, 1.82) is 0 Å². The van der Waals surface area contributed by atoms with Gasteiger partial charge in [0, 0.05) is 5.92 Å². The third-order valence-electron chi connectivity index (χ3n) is 6.80. The van der Waals surface area contributed by atoms with Gasteiger partial charge in [0.15, 0.2) is 0 Å². The van der Waals surface area contributed by atoms with Gasteiger partial charge in [-0.15, -0.1) is 0 Å². The average molecular weight is 278 g/mol. The van der Waals surface area contributed by atoms with Gasteiger partial charge in [0.2, 0.25) is 0 Å². The van der Waals surface area contributed by atoms with E-state index in [2.05, 4.69) is 13.5 Å². The van der Waals surface area contributed by atoms with Crippen molar-refractivity contribution in [3.63, 3.8) is 0 Å². The lowest BCUT2D eigenvalue weighted by atomic mass is 9.67. The molecule has 3 saturated carbocycles. The van der Waals surface area contributed by atoms with E-state index < -0.39 is 11.0 Å². The van der Waals surface area contributed by atoms with Crippen LogP contribution in [0.25, 0.3) is 0 Å². The summed E-state index contributed by atoms with van der Waals surface area (Å²) in [5.41, 5.74) is -1.52. The first-order chi connectivity index (χ1) is 9.38. The minimum absolute atomic E-state index is 0.108. The van der Waals surface area contributed by atoms with Crippen LogP contribution in [0.3, 0.4) is 0 Å². The predicted octanol–water partition coefficient (Wildman–Crippen LogP) is 2.32. The van der Waals surface area contributed by atoms with Gasteiger partial charge < -0.3 is 10.2 Å². The summed E-state index contributed by atoms with van der Waals surface area (Å²) in [5, 5.41) is 20.5. The van der Waals surface area contributed by atoms with E-state index in [0.717, 1.165) is 19.3 Å². The molecule has 3 rings (SSSR count). The van der Waals surface area contributed by atoms with Crippen LogP contribution >= 0.6 is 0 Å². The van der Waals surface area contributed by atoms with E-state index in [1.165, 1.54) is 6.42 Å². The molecule has 0 aliphatic heterocycles. The topological polar surface area (TPSA) is 57.5 Å². The first-order valence-corrected chi connectivity index (χ1v) is 7.93. The fourth-order valence-corrected chi connectivity index (χ4v) is 5.63. The molecule has 2 N–H and O–H groups in total. The highest BCUT2D eigenvalue weighted by Gasteiger charge is 2.70. The summed E-state index contributed by atoms with van der Waals surface area (Å²) >= 11 is 0. The number of rotatable bonds is 2. The molecule has 0 aromatic heterocycles. The SMILES string of the molecule is C=C(CO)C1(O)CCC2C3CCCC(C)C3C(=O)C21C. The smallest absolute Gasteiger partial charge is 0.145 e. The van der Waals surface area contributed by atoms with E-state index in [1.807, 2.05) is 6.92 Å². The largest absolute Gasteiger partial charge is 0.392 e. The summed E-state index contributed by atoms with van der Waals surface area (Å²) < 4.78 is 0. The summed E-state index contributed by atoms with van der Waals surface area (Å²) in [5.74, 6) is 1.45. The van der Waals surface area contributed by atoms with Crippen LogP contribution in [0.15, 0.2) is 12.2 Å². The molecule has 0 aromatic carbocycles. The molecule has 20 heavy (non-hydrogen) atoms. The maximum atomic E-state index is 13.1. The molecule has 112 valence electrons. The Kier molecular flexibility index (Phi) is 3.15. The third kappa shape index (κ3) is 1.46. The number of fused-ring (bicyclic) bond motifs is 3. The lowest BCUT2D eigenvalue weighted by Crippen LogP contribution is -2.50. The van der Waals surface area contributed by atoms with Crippen LogP contribution in [0.2, 0.25) is 0 Å². The van der Waals surface area contributed by atoms with Crippen LogP contribution < -0.4 is 0 Å². The Morgan fingerprint density at radius 1 is 1.40 bits per heavy atom. The van der Waals surface area contributed by atoms with Gasteiger partial charge in [-0.05, 0) is 55.9 Å². The summed E-state index contributed by atoms with van der Waals surface area (Å²) in [4.78, 5) is 13.1. The van der Waals surface area contributed by atoms with Crippen molar-refractivity contribution in [2.45, 2.75) is 51.6 Å². The maximum Gasteiger partial charge on any atom is 0.145 e. The van der Waals surface area contributed by atoms with Crippen molar-refractivity contribution >= 4 is 5.78 Å². The van der Waals surface area contributed by atoms with Crippen LogP contribution in [-0.4, -0.2) is 28.2 Å². The van der Waals surface area contributed by atoms with Crippen LogP contribution in [0.1, 0.15) is 46.0 Å². The molecule has 0 aromatic rings. The highest BCUT2D eigenvalue weighted by Crippen LogP contribution is 2.66. The van der Waals surface area contributed by atoms with Crippen LogP contribution in [0, 0.1) is 29.1 Å². The highest BCUT2D eigenvalue weighted by atomic mass is 16.3. The number of Topliss-reactive ketones (excluding diaryl/α,β-unsaturated/α-hetero) is 1. The Bertz CT molecular complexity index is 457. The van der Waals surface area contributed by atoms with Crippen LogP contribution in [0.5, 0.6) is 0 Å². The van der Waals surface area contributed by atoms with Gasteiger partial charge >= 0.3 is 0 Å². The van der Waals surface area contributed by atoms with E-state index in [0.29, 0.717) is 23.8 Å². The van der Waals surface area contributed by atoms with Crippen molar-refractivity contribution in [3.05, 3.63) is 12.2 Å². The van der Waals surface area contributed by atoms with E-state index in [1.54, 1.807) is 0 Å². The van der Waals surface area contributed by atoms with Gasteiger partial charge in [0.05, 0.1) is 12.0 Å². The number of hydrogen-bond donors (Lipinski definition) is 2. The van der Waals surface area contributed by atoms with Gasteiger partial charge in [0.25, 0.3) is 0 Å². The third-order valence-corrected chi connectivity index (χ3v) is 6.80. The fraction of sp³-hybridized carbons (Fsp3) is 0.824. The number of aliphatic hydroxyl groups is 2. The molecule has 0 radical (unpaired) electrons. The summed E-state index contributed by atoms with van der Waals surface area (Å²) in [6.07, 6.45) is 4.88. The van der Waals surface area contributed by atoms with Crippen LogP contribution in [-0.2, 0) is 4.79 Å². The average Bonchev–Trinajstić information content (AvgIpc) is 2.83. The Hall–Kier alpha value is -0.670. The second-order valence-corrected chi connectivity index (χ2v) is 7.43. The molecular formula is C17H26O3. The Morgan fingerprint density at radius 3 is 2.75 bits per heavy atom. The Balaban J connectivity index is 2.05. The van der Waals surface area contributed by atoms with Gasteiger partial charge in [-0.2, -0.15) is 0 Å². The van der Waals surface area contributed by atoms with Crippen LogP contribution in [0.4, 0.5) is 0 Å². The second kappa shape index (κ2) is 4.41. The van der Waals surface area contributed by atoms with Crippen molar-refractivity contribution in [3.8, 4) is 0 Å². The standard InChI is InChI=1S/C17H26O3/c1-10-5-4-6-12-13-7-8-17(20,11(2)9-18)16(13,3)15(19)14(10)12/h10,12-14,18,20H,2,4-9H2,1,3H3. The van der Waals surface area contributed by atoms with E-state index in [4.69, 9.17) is 0 Å². The zero-order valence-corrected chi connectivity index (χ0v) is 12.6. The van der Waals surface area contributed by atoms with E-state index >= 15 is 0 Å². The summed E-state index contributed by atoms with van der Waals surface area (Å²) in [6.45, 7) is 7.72. The van der Waals surface area contributed by atoms with Crippen molar-refractivity contribution in [2.24, 2.45) is 29.1 Å². The lowest BCUT2D eigenvalue weighted by molar-refractivity contribution is -0.140. The molecule has 0 bridgehead atoms. The van der Waals surface area contributed by atoms with Gasteiger partial charge in [-0.3, -0.25) is 4.79 Å². The Morgan fingerprint density at radius 2 is 2.10 bits per heavy atom. The quantitative estimate of drug-likeness (QED) is 0.762. The molecule has 3 nitrogen and oxygen atoms in total. The lowest BCUT2D eigenvalue weighted by Gasteiger charge is -2.40. The molecule has 6 atom stereocenters. The Labute approximate surface area is 121 Å². The zero-order chi connectivity index (χ0) is 14.7. The van der Waals surface area contributed by atoms with Crippen molar-refractivity contribution < 1.29 is 15.0 Å². The molecule has 6 unspecified atom stereocenters. The highest BCUT2D eigenvalue weighted by molar-refractivity contribution is 5.92. The molecule has 3 aliphatic carbocycles. The minimum atomic E-state index is -1.21. The molecule has 0 spiro atoms. The van der Waals surface area contributed by atoms with Gasteiger partial charge in [-0.25, -0.2) is 0 Å². The zero-order valence-electron chi connectivity index (χ0n) is 12.6. The van der Waals surface area contributed by atoms with Gasteiger partial charge in [0.1, 0.15) is 11.4 Å². The molecule has 3 aliphatic rings. The number of ketones is 1. The summed E-state index contributed by atoms with van der Waals surface area (Å²) in [6, 6.07) is 0. The summed E-state index contributed by atoms with van der Waals surface area (Å²) in [7, 11) is 0. The number of hydrogen-bond acceptors (Lipinski definition) is 3. The fourth-order valence-electron chi connectivity index (χ4n) is 5.63. The van der Waals surface area contributed by atoms with Gasteiger partial charge in [-0.1, -0.05) is 19.9 Å². The first-order valence-electron chi connectivity index (χ1n) is 7.93. The maximum absolute atomic E-state index is 13.1. The molecule has 3 fully saturated rings. The second-order valence-electron chi connectivity index (χ2n) is 7.43. The number of carbonyl (C=O) groups is 1. The molecule has 3 heteroatoms. The van der Waals surface area contributed by atoms with E-state index in [-0.39, 0.29) is 24.2 Å². The molecular weight excluding hydrogens is 252 g/mol. The molecule has 0 heterocycles.